The summed E-state index contributed by atoms with van der Waals surface area (Å²) < 4.78 is 27.3. The third kappa shape index (κ3) is 3.66. The molecule has 3 heterocycles. The maximum absolute atomic E-state index is 12.7. The lowest BCUT2D eigenvalue weighted by atomic mass is 10.0. The van der Waals surface area contributed by atoms with E-state index >= 15 is 0 Å². The van der Waals surface area contributed by atoms with Crippen LogP contribution in [0.3, 0.4) is 0 Å². The first-order chi connectivity index (χ1) is 11.4. The highest BCUT2D eigenvalue weighted by Gasteiger charge is 2.30. The average Bonchev–Trinajstić information content (AvgIpc) is 3.06. The average molecular weight is 372 g/mol. The lowest BCUT2D eigenvalue weighted by Gasteiger charge is -2.30. The maximum atomic E-state index is 12.7. The molecular weight excluding hydrogens is 346 g/mol. The van der Waals surface area contributed by atoms with Crippen LogP contribution in [-0.4, -0.2) is 55.8 Å². The van der Waals surface area contributed by atoms with Gasteiger partial charge in [0.05, 0.1) is 4.88 Å². The SMILES string of the molecule is CC1CCN(S(=O)(=O)c2ccc(C(=O)N3CCC(N)CC3)s2)CC1. The molecule has 3 rings (SSSR count). The Morgan fingerprint density at radius 3 is 2.38 bits per heavy atom. The van der Waals surface area contributed by atoms with Gasteiger partial charge in [0.1, 0.15) is 4.21 Å². The Morgan fingerprint density at radius 1 is 1.12 bits per heavy atom. The summed E-state index contributed by atoms with van der Waals surface area (Å²) in [6.07, 6.45) is 3.39. The zero-order valence-electron chi connectivity index (χ0n) is 14.0. The third-order valence-electron chi connectivity index (χ3n) is 4.96. The Morgan fingerprint density at radius 2 is 1.75 bits per heavy atom. The summed E-state index contributed by atoms with van der Waals surface area (Å²) in [4.78, 5) is 14.8. The van der Waals surface area contributed by atoms with Crippen molar-refractivity contribution in [3.05, 3.63) is 17.0 Å². The van der Waals surface area contributed by atoms with Crippen molar-refractivity contribution in [1.82, 2.24) is 9.21 Å². The fourth-order valence-electron chi connectivity index (χ4n) is 3.18. The molecule has 6 nitrogen and oxygen atoms in total. The molecule has 134 valence electrons. The van der Waals surface area contributed by atoms with Crippen LogP contribution in [0.1, 0.15) is 42.3 Å². The monoisotopic (exact) mass is 371 g/mol. The van der Waals surface area contributed by atoms with E-state index in [1.54, 1.807) is 21.3 Å². The summed E-state index contributed by atoms with van der Waals surface area (Å²) in [7, 11) is -3.48. The third-order valence-corrected chi connectivity index (χ3v) is 8.39. The van der Waals surface area contributed by atoms with Crippen molar-refractivity contribution in [2.75, 3.05) is 26.2 Å². The van der Waals surface area contributed by atoms with Crippen LogP contribution in [0.25, 0.3) is 0 Å². The number of piperidine rings is 2. The van der Waals surface area contributed by atoms with Crippen molar-refractivity contribution in [2.24, 2.45) is 11.7 Å². The number of sulfonamides is 1. The molecular formula is C16H25N3O3S2. The second-order valence-corrected chi connectivity index (χ2v) is 10.1. The van der Waals surface area contributed by atoms with E-state index in [2.05, 4.69) is 6.92 Å². The molecule has 0 aliphatic carbocycles. The standard InChI is InChI=1S/C16H25N3O3S2/c1-12-4-10-19(11-5-12)24(21,22)15-3-2-14(23-15)16(20)18-8-6-13(17)7-9-18/h2-3,12-13H,4-11,17H2,1H3. The van der Waals surface area contributed by atoms with Crippen molar-refractivity contribution < 1.29 is 13.2 Å². The molecule has 0 unspecified atom stereocenters. The molecule has 2 fully saturated rings. The van der Waals surface area contributed by atoms with Gasteiger partial charge in [0.25, 0.3) is 15.9 Å². The number of likely N-dealkylation sites (tertiary alicyclic amines) is 1. The van der Waals surface area contributed by atoms with Crippen molar-refractivity contribution in [1.29, 1.82) is 0 Å². The van der Waals surface area contributed by atoms with Gasteiger partial charge in [-0.15, -0.1) is 11.3 Å². The van der Waals surface area contributed by atoms with Crippen LogP contribution in [0.2, 0.25) is 0 Å². The molecule has 24 heavy (non-hydrogen) atoms. The fourth-order valence-corrected chi connectivity index (χ4v) is 6.08. The normalized spacial score (nSPS) is 22.0. The molecule has 2 N–H and O–H groups in total. The van der Waals surface area contributed by atoms with Gasteiger partial charge in [0.2, 0.25) is 0 Å². The Hall–Kier alpha value is -0.960. The summed E-state index contributed by atoms with van der Waals surface area (Å²) in [5.74, 6) is 0.489. The highest BCUT2D eigenvalue weighted by molar-refractivity contribution is 7.91. The molecule has 1 aromatic rings. The first kappa shape index (κ1) is 17.8. The van der Waals surface area contributed by atoms with Crippen molar-refractivity contribution >= 4 is 27.3 Å². The van der Waals surface area contributed by atoms with Crippen LogP contribution >= 0.6 is 11.3 Å². The largest absolute Gasteiger partial charge is 0.338 e. The molecule has 0 spiro atoms. The van der Waals surface area contributed by atoms with Gasteiger partial charge in [-0.1, -0.05) is 6.92 Å². The van der Waals surface area contributed by atoms with Gasteiger partial charge >= 0.3 is 0 Å². The van der Waals surface area contributed by atoms with Crippen LogP contribution < -0.4 is 5.73 Å². The summed E-state index contributed by atoms with van der Waals surface area (Å²) in [6, 6.07) is 3.37. The van der Waals surface area contributed by atoms with E-state index in [1.165, 1.54) is 0 Å². The number of hydrogen-bond donors (Lipinski definition) is 1. The Balaban J connectivity index is 1.71. The molecule has 0 aromatic carbocycles. The maximum Gasteiger partial charge on any atom is 0.263 e. The Labute approximate surface area is 147 Å². The number of thiophene rings is 1. The molecule has 2 aliphatic rings. The second-order valence-electron chi connectivity index (χ2n) is 6.83. The molecule has 0 atom stereocenters. The van der Waals surface area contributed by atoms with Crippen molar-refractivity contribution in [2.45, 2.75) is 42.9 Å². The topological polar surface area (TPSA) is 83.7 Å². The van der Waals surface area contributed by atoms with Gasteiger partial charge in [-0.05, 0) is 43.7 Å². The van der Waals surface area contributed by atoms with E-state index in [-0.39, 0.29) is 16.2 Å². The van der Waals surface area contributed by atoms with Gasteiger partial charge in [-0.25, -0.2) is 8.42 Å². The van der Waals surface area contributed by atoms with E-state index in [0.29, 0.717) is 37.0 Å². The lowest BCUT2D eigenvalue weighted by molar-refractivity contribution is 0.0719. The van der Waals surface area contributed by atoms with E-state index in [0.717, 1.165) is 37.0 Å². The number of amides is 1. The molecule has 8 heteroatoms. The van der Waals surface area contributed by atoms with Gasteiger partial charge in [-0.3, -0.25) is 4.79 Å². The molecule has 1 amide bonds. The first-order valence-corrected chi connectivity index (χ1v) is 10.8. The van der Waals surface area contributed by atoms with E-state index in [9.17, 15) is 13.2 Å². The molecule has 0 bridgehead atoms. The Bertz CT molecular complexity index is 685. The lowest BCUT2D eigenvalue weighted by Crippen LogP contribution is -2.42. The number of nitrogens with two attached hydrogens (primary N) is 1. The summed E-state index contributed by atoms with van der Waals surface area (Å²) >= 11 is 1.08. The van der Waals surface area contributed by atoms with Crippen LogP contribution in [0.4, 0.5) is 0 Å². The summed E-state index contributed by atoms with van der Waals surface area (Å²) in [5, 5.41) is 0. The highest BCUT2D eigenvalue weighted by Crippen LogP contribution is 2.29. The minimum Gasteiger partial charge on any atom is -0.338 e. The molecule has 0 radical (unpaired) electrons. The van der Waals surface area contributed by atoms with Crippen LogP contribution in [-0.2, 0) is 10.0 Å². The molecule has 1 aromatic heterocycles. The van der Waals surface area contributed by atoms with Gasteiger partial charge < -0.3 is 10.6 Å². The molecule has 2 aliphatic heterocycles. The van der Waals surface area contributed by atoms with Gasteiger partial charge in [0, 0.05) is 32.2 Å². The van der Waals surface area contributed by atoms with E-state index in [4.69, 9.17) is 5.73 Å². The van der Waals surface area contributed by atoms with E-state index in [1.807, 2.05) is 0 Å². The van der Waals surface area contributed by atoms with Crippen LogP contribution in [0, 0.1) is 5.92 Å². The summed E-state index contributed by atoms with van der Waals surface area (Å²) in [6.45, 7) is 4.56. The van der Waals surface area contributed by atoms with Crippen LogP contribution in [0.5, 0.6) is 0 Å². The Kier molecular flexibility index (Phi) is 5.29. The minimum atomic E-state index is -3.48. The predicted molar refractivity (Wildman–Crippen MR) is 94.6 cm³/mol. The molecule has 0 saturated carbocycles. The number of rotatable bonds is 3. The van der Waals surface area contributed by atoms with Gasteiger partial charge in [0.15, 0.2) is 0 Å². The quantitative estimate of drug-likeness (QED) is 0.877. The zero-order chi connectivity index (χ0) is 17.3. The van der Waals surface area contributed by atoms with Crippen molar-refractivity contribution in [3.8, 4) is 0 Å². The van der Waals surface area contributed by atoms with E-state index < -0.39 is 10.0 Å². The fraction of sp³-hybridized carbons (Fsp3) is 0.688. The van der Waals surface area contributed by atoms with Gasteiger partial charge in [-0.2, -0.15) is 4.31 Å². The smallest absolute Gasteiger partial charge is 0.263 e. The van der Waals surface area contributed by atoms with Crippen molar-refractivity contribution in [3.63, 3.8) is 0 Å². The number of nitrogens with zero attached hydrogens (tertiary/aromatic N) is 2. The first-order valence-electron chi connectivity index (χ1n) is 8.53. The second kappa shape index (κ2) is 7.11. The summed E-state index contributed by atoms with van der Waals surface area (Å²) in [5.41, 5.74) is 5.87. The number of hydrogen-bond acceptors (Lipinski definition) is 5. The predicted octanol–water partition coefficient (Wildman–Crippen LogP) is 1.73. The highest BCUT2D eigenvalue weighted by atomic mass is 32.2. The zero-order valence-corrected chi connectivity index (χ0v) is 15.6. The minimum absolute atomic E-state index is 0.0828. The number of carbonyl (C=O) groups is 1. The molecule has 2 saturated heterocycles. The number of carbonyl (C=O) groups excluding carboxylic acids is 1. The van der Waals surface area contributed by atoms with Crippen LogP contribution in [0.15, 0.2) is 16.3 Å².